The molecule has 1 saturated heterocycles. The maximum Gasteiger partial charge on any atom is 0.240 e. The van der Waals surface area contributed by atoms with Crippen LogP contribution in [0.15, 0.2) is 18.2 Å². The number of nitrogens with zero attached hydrogens (tertiary/aromatic N) is 2. The van der Waals surface area contributed by atoms with Gasteiger partial charge in [0.05, 0.1) is 18.3 Å². The molecule has 1 aromatic heterocycles. The molecule has 0 aliphatic carbocycles. The second-order valence-electron chi connectivity index (χ2n) is 4.16. The van der Waals surface area contributed by atoms with E-state index in [0.29, 0.717) is 6.54 Å². The zero-order chi connectivity index (χ0) is 11.5. The van der Waals surface area contributed by atoms with Crippen LogP contribution in [0.3, 0.4) is 0 Å². The first-order chi connectivity index (χ1) is 7.70. The number of likely N-dealkylation sites (tertiary alicyclic amines) is 1. The van der Waals surface area contributed by atoms with Gasteiger partial charge in [0.25, 0.3) is 0 Å². The van der Waals surface area contributed by atoms with Crippen molar-refractivity contribution in [3.63, 3.8) is 0 Å². The molecule has 0 saturated carbocycles. The highest BCUT2D eigenvalue weighted by Crippen LogP contribution is 2.13. The highest BCUT2D eigenvalue weighted by molar-refractivity contribution is 5.83. The molecule has 16 heavy (non-hydrogen) atoms. The molecule has 0 bridgehead atoms. The predicted octanol–water partition coefficient (Wildman–Crippen LogP) is 0.710. The Labute approximate surface area is 95.7 Å². The molecule has 0 spiro atoms. The van der Waals surface area contributed by atoms with Crippen molar-refractivity contribution in [1.82, 2.24) is 15.2 Å². The summed E-state index contributed by atoms with van der Waals surface area (Å²) in [4.78, 5) is 18.1. The highest BCUT2D eigenvalue weighted by Gasteiger charge is 2.30. The first-order valence-electron chi connectivity index (χ1n) is 5.59. The van der Waals surface area contributed by atoms with E-state index in [2.05, 4.69) is 10.3 Å². The van der Waals surface area contributed by atoms with Crippen molar-refractivity contribution < 1.29 is 4.79 Å². The number of likely N-dealkylation sites (N-methyl/N-ethyl adjacent to an activating group) is 1. The fourth-order valence-corrected chi connectivity index (χ4v) is 2.05. The molecule has 1 aliphatic rings. The Hall–Kier alpha value is -1.42. The van der Waals surface area contributed by atoms with Crippen LogP contribution in [0.2, 0.25) is 0 Å². The molecule has 0 aromatic carbocycles. The summed E-state index contributed by atoms with van der Waals surface area (Å²) in [5, 5.41) is 3.03. The number of nitrogens with one attached hydrogen (secondary N) is 1. The van der Waals surface area contributed by atoms with Crippen molar-refractivity contribution in [2.75, 3.05) is 13.6 Å². The van der Waals surface area contributed by atoms with Crippen molar-refractivity contribution in [1.29, 1.82) is 0 Å². The molecule has 1 fully saturated rings. The summed E-state index contributed by atoms with van der Waals surface area (Å²) in [7, 11) is 1.83. The van der Waals surface area contributed by atoms with Crippen LogP contribution in [0.4, 0.5) is 0 Å². The van der Waals surface area contributed by atoms with Crippen LogP contribution >= 0.6 is 0 Å². The molecule has 1 unspecified atom stereocenters. The molecule has 86 valence electrons. The summed E-state index contributed by atoms with van der Waals surface area (Å²) < 4.78 is 0. The Morgan fingerprint density at radius 2 is 2.38 bits per heavy atom. The van der Waals surface area contributed by atoms with Gasteiger partial charge in [0.2, 0.25) is 5.91 Å². The number of carbonyl (C=O) groups is 1. The summed E-state index contributed by atoms with van der Waals surface area (Å²) >= 11 is 0. The van der Waals surface area contributed by atoms with Gasteiger partial charge in [0.1, 0.15) is 0 Å². The lowest BCUT2D eigenvalue weighted by atomic mass is 10.2. The Morgan fingerprint density at radius 3 is 3.00 bits per heavy atom. The van der Waals surface area contributed by atoms with E-state index >= 15 is 0 Å². The van der Waals surface area contributed by atoms with Gasteiger partial charge in [-0.2, -0.15) is 0 Å². The first-order valence-corrected chi connectivity index (χ1v) is 5.59. The smallest absolute Gasteiger partial charge is 0.240 e. The van der Waals surface area contributed by atoms with E-state index in [9.17, 15) is 4.79 Å². The number of carbonyl (C=O) groups excluding carboxylic acids is 1. The van der Waals surface area contributed by atoms with Gasteiger partial charge in [-0.15, -0.1) is 0 Å². The van der Waals surface area contributed by atoms with Gasteiger partial charge in [0, 0.05) is 12.2 Å². The van der Waals surface area contributed by atoms with Crippen LogP contribution in [0.5, 0.6) is 0 Å². The summed E-state index contributed by atoms with van der Waals surface area (Å²) in [6.45, 7) is 3.41. The van der Waals surface area contributed by atoms with Crippen molar-refractivity contribution in [2.45, 2.75) is 25.9 Å². The van der Waals surface area contributed by atoms with E-state index < -0.39 is 0 Å². The van der Waals surface area contributed by atoms with Crippen molar-refractivity contribution in [2.24, 2.45) is 0 Å². The molecule has 1 aromatic rings. The molecular formula is C12H17N3O. The molecule has 0 radical (unpaired) electrons. The number of rotatable bonds is 3. The van der Waals surface area contributed by atoms with E-state index in [-0.39, 0.29) is 11.9 Å². The fourth-order valence-electron chi connectivity index (χ4n) is 2.05. The summed E-state index contributed by atoms with van der Waals surface area (Å²) in [6.07, 6.45) is 0.890. The Bertz CT molecular complexity index is 392. The third kappa shape index (κ3) is 2.22. The number of hydrogen-bond donors (Lipinski definition) is 1. The number of aryl methyl sites for hydroxylation is 1. The topological polar surface area (TPSA) is 45.2 Å². The molecule has 1 atom stereocenters. The predicted molar refractivity (Wildman–Crippen MR) is 61.9 cm³/mol. The zero-order valence-corrected chi connectivity index (χ0v) is 9.73. The number of pyridine rings is 1. The lowest BCUT2D eigenvalue weighted by Crippen LogP contribution is -2.36. The minimum atomic E-state index is -0.00944. The SMILES string of the molecule is CNC1CCN(Cc2cccc(C)n2)C1=O. The van der Waals surface area contributed by atoms with Crippen LogP contribution in [0, 0.1) is 6.92 Å². The van der Waals surface area contributed by atoms with E-state index in [1.54, 1.807) is 0 Å². The quantitative estimate of drug-likeness (QED) is 0.814. The van der Waals surface area contributed by atoms with Crippen LogP contribution in [0.25, 0.3) is 0 Å². The molecule has 4 heteroatoms. The van der Waals surface area contributed by atoms with Crippen molar-refractivity contribution in [3.8, 4) is 0 Å². The number of amides is 1. The van der Waals surface area contributed by atoms with Gasteiger partial charge < -0.3 is 10.2 Å². The minimum absolute atomic E-state index is 0.00944. The lowest BCUT2D eigenvalue weighted by Gasteiger charge is -2.16. The fraction of sp³-hybridized carbons (Fsp3) is 0.500. The Morgan fingerprint density at radius 1 is 1.56 bits per heavy atom. The molecule has 1 amide bonds. The van der Waals surface area contributed by atoms with Crippen molar-refractivity contribution >= 4 is 5.91 Å². The van der Waals surface area contributed by atoms with Gasteiger partial charge in [-0.25, -0.2) is 0 Å². The second kappa shape index (κ2) is 4.61. The third-order valence-corrected chi connectivity index (χ3v) is 2.94. The maximum absolute atomic E-state index is 11.9. The third-order valence-electron chi connectivity index (χ3n) is 2.94. The van der Waals surface area contributed by atoms with Crippen LogP contribution in [-0.2, 0) is 11.3 Å². The Kier molecular flexibility index (Phi) is 3.19. The van der Waals surface area contributed by atoms with Gasteiger partial charge >= 0.3 is 0 Å². The molecular weight excluding hydrogens is 202 g/mol. The molecule has 4 nitrogen and oxygen atoms in total. The van der Waals surface area contributed by atoms with E-state index in [1.165, 1.54) is 0 Å². The van der Waals surface area contributed by atoms with E-state index in [0.717, 1.165) is 24.4 Å². The molecule has 1 N–H and O–H groups in total. The molecule has 1 aliphatic heterocycles. The van der Waals surface area contributed by atoms with E-state index in [1.807, 2.05) is 37.1 Å². The summed E-state index contributed by atoms with van der Waals surface area (Å²) in [5.41, 5.74) is 1.96. The number of hydrogen-bond acceptors (Lipinski definition) is 3. The monoisotopic (exact) mass is 219 g/mol. The normalized spacial score (nSPS) is 20.5. The zero-order valence-electron chi connectivity index (χ0n) is 9.73. The average Bonchev–Trinajstić information content (AvgIpc) is 2.60. The summed E-state index contributed by atoms with van der Waals surface area (Å²) in [5.74, 6) is 0.186. The van der Waals surface area contributed by atoms with Gasteiger partial charge in [-0.1, -0.05) is 6.07 Å². The molecule has 2 heterocycles. The highest BCUT2D eigenvalue weighted by atomic mass is 16.2. The van der Waals surface area contributed by atoms with Crippen molar-refractivity contribution in [3.05, 3.63) is 29.6 Å². The second-order valence-corrected chi connectivity index (χ2v) is 4.16. The van der Waals surface area contributed by atoms with Crippen LogP contribution in [-0.4, -0.2) is 35.4 Å². The van der Waals surface area contributed by atoms with Gasteiger partial charge in [-0.05, 0) is 32.5 Å². The minimum Gasteiger partial charge on any atom is -0.335 e. The summed E-state index contributed by atoms with van der Waals surface area (Å²) in [6, 6.07) is 5.90. The first kappa shape index (κ1) is 11.1. The van der Waals surface area contributed by atoms with Crippen LogP contribution in [0.1, 0.15) is 17.8 Å². The Balaban J connectivity index is 2.03. The van der Waals surface area contributed by atoms with Gasteiger partial charge in [0.15, 0.2) is 0 Å². The standard InChI is InChI=1S/C12H17N3O/c1-9-4-3-5-10(14-9)8-15-7-6-11(13-2)12(15)16/h3-5,11,13H,6-8H2,1-2H3. The number of aromatic nitrogens is 1. The largest absolute Gasteiger partial charge is 0.335 e. The average molecular weight is 219 g/mol. The molecule has 2 rings (SSSR count). The van der Waals surface area contributed by atoms with Gasteiger partial charge in [-0.3, -0.25) is 9.78 Å². The lowest BCUT2D eigenvalue weighted by molar-refractivity contribution is -0.129. The van der Waals surface area contributed by atoms with Crippen LogP contribution < -0.4 is 5.32 Å². The maximum atomic E-state index is 11.9. The van der Waals surface area contributed by atoms with E-state index in [4.69, 9.17) is 0 Å².